The smallest absolute Gasteiger partial charge is 0.251 e. The SMILES string of the molecule is CC(C)OCCNC(=O)c1ccc(-c2ccccc2)cc1. The van der Waals surface area contributed by atoms with Crippen LogP contribution in [0.3, 0.4) is 0 Å². The number of ether oxygens (including phenoxy) is 1. The second kappa shape index (κ2) is 7.60. The first-order chi connectivity index (χ1) is 10.2. The Hall–Kier alpha value is -2.13. The van der Waals surface area contributed by atoms with Crippen LogP contribution in [-0.4, -0.2) is 25.2 Å². The molecule has 2 aromatic carbocycles. The molecule has 21 heavy (non-hydrogen) atoms. The van der Waals surface area contributed by atoms with Crippen molar-refractivity contribution in [2.45, 2.75) is 20.0 Å². The standard InChI is InChI=1S/C18H21NO2/c1-14(2)21-13-12-19-18(20)17-10-8-16(9-11-17)15-6-4-3-5-7-15/h3-11,14H,12-13H2,1-2H3,(H,19,20). The highest BCUT2D eigenvalue weighted by atomic mass is 16.5. The largest absolute Gasteiger partial charge is 0.377 e. The Morgan fingerprint density at radius 2 is 1.62 bits per heavy atom. The molecule has 3 heteroatoms. The van der Waals surface area contributed by atoms with Crippen LogP contribution in [0, 0.1) is 0 Å². The van der Waals surface area contributed by atoms with Gasteiger partial charge in [-0.15, -0.1) is 0 Å². The van der Waals surface area contributed by atoms with Gasteiger partial charge < -0.3 is 10.1 Å². The third-order valence-corrected chi connectivity index (χ3v) is 3.09. The van der Waals surface area contributed by atoms with E-state index >= 15 is 0 Å². The number of rotatable bonds is 6. The molecule has 0 heterocycles. The molecule has 1 amide bonds. The molecule has 0 atom stereocenters. The fraction of sp³-hybridized carbons (Fsp3) is 0.278. The third-order valence-electron chi connectivity index (χ3n) is 3.09. The van der Waals surface area contributed by atoms with Crippen LogP contribution in [0.5, 0.6) is 0 Å². The zero-order valence-electron chi connectivity index (χ0n) is 12.5. The van der Waals surface area contributed by atoms with Gasteiger partial charge in [-0.2, -0.15) is 0 Å². The van der Waals surface area contributed by atoms with Gasteiger partial charge in [0.15, 0.2) is 0 Å². The molecule has 0 aliphatic heterocycles. The fourth-order valence-corrected chi connectivity index (χ4v) is 2.01. The number of amides is 1. The van der Waals surface area contributed by atoms with Gasteiger partial charge in [0.2, 0.25) is 0 Å². The van der Waals surface area contributed by atoms with E-state index in [1.165, 1.54) is 0 Å². The molecule has 0 unspecified atom stereocenters. The average molecular weight is 283 g/mol. The van der Waals surface area contributed by atoms with E-state index in [0.29, 0.717) is 18.7 Å². The Bertz CT molecular complexity index is 562. The van der Waals surface area contributed by atoms with Gasteiger partial charge >= 0.3 is 0 Å². The molecule has 0 spiro atoms. The molecular formula is C18H21NO2. The summed E-state index contributed by atoms with van der Waals surface area (Å²) < 4.78 is 5.39. The van der Waals surface area contributed by atoms with Crippen LogP contribution in [0.2, 0.25) is 0 Å². The van der Waals surface area contributed by atoms with Crippen LogP contribution < -0.4 is 5.32 Å². The minimum absolute atomic E-state index is 0.0676. The molecule has 2 rings (SSSR count). The normalized spacial score (nSPS) is 10.6. The van der Waals surface area contributed by atoms with Gasteiger partial charge in [0.25, 0.3) is 5.91 Å². The highest BCUT2D eigenvalue weighted by molar-refractivity contribution is 5.94. The third kappa shape index (κ3) is 4.72. The second-order valence-electron chi connectivity index (χ2n) is 5.12. The summed E-state index contributed by atoms with van der Waals surface area (Å²) in [7, 11) is 0. The fourth-order valence-electron chi connectivity index (χ4n) is 2.01. The zero-order chi connectivity index (χ0) is 15.1. The van der Waals surface area contributed by atoms with E-state index in [9.17, 15) is 4.79 Å². The van der Waals surface area contributed by atoms with Gasteiger partial charge in [-0.25, -0.2) is 0 Å². The first kappa shape index (κ1) is 15.3. The molecule has 1 N–H and O–H groups in total. The van der Waals surface area contributed by atoms with Crippen molar-refractivity contribution < 1.29 is 9.53 Å². The number of nitrogens with one attached hydrogen (secondary N) is 1. The predicted octanol–water partition coefficient (Wildman–Crippen LogP) is 3.51. The van der Waals surface area contributed by atoms with E-state index in [0.717, 1.165) is 11.1 Å². The van der Waals surface area contributed by atoms with Crippen LogP contribution in [-0.2, 0) is 4.74 Å². The summed E-state index contributed by atoms with van der Waals surface area (Å²) in [6.07, 6.45) is 0.187. The van der Waals surface area contributed by atoms with Crippen molar-refractivity contribution >= 4 is 5.91 Å². The van der Waals surface area contributed by atoms with Crippen LogP contribution >= 0.6 is 0 Å². The van der Waals surface area contributed by atoms with Crippen molar-refractivity contribution in [2.24, 2.45) is 0 Å². The molecule has 0 fully saturated rings. The number of hydrogen-bond acceptors (Lipinski definition) is 2. The monoisotopic (exact) mass is 283 g/mol. The van der Waals surface area contributed by atoms with E-state index in [1.54, 1.807) is 0 Å². The summed E-state index contributed by atoms with van der Waals surface area (Å²) in [5.41, 5.74) is 2.92. The number of benzene rings is 2. The molecule has 0 radical (unpaired) electrons. The Morgan fingerprint density at radius 3 is 2.24 bits per heavy atom. The van der Waals surface area contributed by atoms with Crippen molar-refractivity contribution in [2.75, 3.05) is 13.2 Å². The predicted molar refractivity (Wildman–Crippen MR) is 85.3 cm³/mol. The van der Waals surface area contributed by atoms with E-state index in [1.807, 2.05) is 56.3 Å². The summed E-state index contributed by atoms with van der Waals surface area (Å²) in [6, 6.07) is 17.7. The highest BCUT2D eigenvalue weighted by Crippen LogP contribution is 2.19. The average Bonchev–Trinajstić information content (AvgIpc) is 2.52. The van der Waals surface area contributed by atoms with E-state index in [4.69, 9.17) is 4.74 Å². The second-order valence-corrected chi connectivity index (χ2v) is 5.12. The zero-order valence-corrected chi connectivity index (χ0v) is 12.5. The van der Waals surface area contributed by atoms with Crippen molar-refractivity contribution in [1.82, 2.24) is 5.32 Å². The lowest BCUT2D eigenvalue weighted by molar-refractivity contribution is 0.0746. The van der Waals surface area contributed by atoms with Crippen molar-refractivity contribution in [1.29, 1.82) is 0 Å². The molecule has 0 bridgehead atoms. The van der Waals surface area contributed by atoms with Crippen LogP contribution in [0.4, 0.5) is 0 Å². The molecule has 0 saturated heterocycles. The number of carbonyl (C=O) groups is 1. The van der Waals surface area contributed by atoms with Gasteiger partial charge in [0, 0.05) is 12.1 Å². The topological polar surface area (TPSA) is 38.3 Å². The Labute approximate surface area is 126 Å². The van der Waals surface area contributed by atoms with Crippen LogP contribution in [0.1, 0.15) is 24.2 Å². The molecular weight excluding hydrogens is 262 g/mol. The quantitative estimate of drug-likeness (QED) is 0.824. The van der Waals surface area contributed by atoms with Crippen molar-refractivity contribution in [3.05, 3.63) is 60.2 Å². The van der Waals surface area contributed by atoms with E-state index in [2.05, 4.69) is 17.4 Å². The summed E-state index contributed by atoms with van der Waals surface area (Å²) in [5, 5.41) is 2.85. The maximum atomic E-state index is 12.0. The lowest BCUT2D eigenvalue weighted by Crippen LogP contribution is -2.27. The highest BCUT2D eigenvalue weighted by Gasteiger charge is 2.05. The molecule has 0 saturated carbocycles. The van der Waals surface area contributed by atoms with Gasteiger partial charge in [0.1, 0.15) is 0 Å². The molecule has 0 aliphatic rings. The molecule has 3 nitrogen and oxygen atoms in total. The molecule has 0 aromatic heterocycles. The lowest BCUT2D eigenvalue weighted by atomic mass is 10.0. The number of carbonyl (C=O) groups excluding carboxylic acids is 1. The van der Waals surface area contributed by atoms with Gasteiger partial charge in [0.05, 0.1) is 12.7 Å². The Morgan fingerprint density at radius 1 is 1.00 bits per heavy atom. The molecule has 2 aromatic rings. The first-order valence-electron chi connectivity index (χ1n) is 7.22. The Kier molecular flexibility index (Phi) is 5.52. The molecule has 0 aliphatic carbocycles. The summed E-state index contributed by atoms with van der Waals surface area (Å²) in [5.74, 6) is -0.0676. The minimum atomic E-state index is -0.0676. The van der Waals surface area contributed by atoms with Crippen molar-refractivity contribution in [3.8, 4) is 11.1 Å². The minimum Gasteiger partial charge on any atom is -0.377 e. The summed E-state index contributed by atoms with van der Waals surface area (Å²) >= 11 is 0. The van der Waals surface area contributed by atoms with Gasteiger partial charge in [-0.05, 0) is 37.1 Å². The maximum Gasteiger partial charge on any atom is 0.251 e. The molecule has 110 valence electrons. The Balaban J connectivity index is 1.91. The maximum absolute atomic E-state index is 12.0. The van der Waals surface area contributed by atoms with Crippen molar-refractivity contribution in [3.63, 3.8) is 0 Å². The van der Waals surface area contributed by atoms with E-state index in [-0.39, 0.29) is 12.0 Å². The number of hydrogen-bond donors (Lipinski definition) is 1. The summed E-state index contributed by atoms with van der Waals surface area (Å²) in [6.45, 7) is 5.01. The van der Waals surface area contributed by atoms with Crippen LogP contribution in [0.15, 0.2) is 54.6 Å². The van der Waals surface area contributed by atoms with Gasteiger partial charge in [-0.1, -0.05) is 42.5 Å². The first-order valence-corrected chi connectivity index (χ1v) is 7.22. The van der Waals surface area contributed by atoms with E-state index < -0.39 is 0 Å². The van der Waals surface area contributed by atoms with Gasteiger partial charge in [-0.3, -0.25) is 4.79 Å². The van der Waals surface area contributed by atoms with Crippen LogP contribution in [0.25, 0.3) is 11.1 Å². The summed E-state index contributed by atoms with van der Waals surface area (Å²) in [4.78, 5) is 12.0. The lowest BCUT2D eigenvalue weighted by Gasteiger charge is -2.09.